The molecule has 1 aliphatic heterocycles. The largest absolute Gasteiger partial charge is 0.451 e. The van der Waals surface area contributed by atoms with E-state index in [1.54, 1.807) is 17.3 Å². The number of fused-ring (bicyclic) bond motifs is 2. The van der Waals surface area contributed by atoms with Crippen molar-refractivity contribution in [2.24, 2.45) is 0 Å². The average Bonchev–Trinajstić information content (AvgIpc) is 3.40. The fraction of sp³-hybridized carbons (Fsp3) is 0.250. The lowest BCUT2D eigenvalue weighted by Crippen LogP contribution is -2.41. The number of carbonyl (C=O) groups excluding carboxylic acids is 2. The van der Waals surface area contributed by atoms with Crippen molar-refractivity contribution in [3.8, 4) is 0 Å². The molecule has 3 aromatic heterocycles. The van der Waals surface area contributed by atoms with Crippen molar-refractivity contribution >= 4 is 22.8 Å². The Labute approximate surface area is 184 Å². The molecule has 4 heterocycles. The van der Waals surface area contributed by atoms with Crippen LogP contribution < -0.4 is 5.32 Å². The van der Waals surface area contributed by atoms with E-state index >= 15 is 0 Å². The van der Waals surface area contributed by atoms with E-state index in [1.165, 1.54) is 0 Å². The lowest BCUT2D eigenvalue weighted by molar-refractivity contribution is 0.0606. The van der Waals surface area contributed by atoms with E-state index in [4.69, 9.17) is 4.42 Å². The van der Waals surface area contributed by atoms with Gasteiger partial charge in [-0.1, -0.05) is 24.3 Å². The van der Waals surface area contributed by atoms with Crippen LogP contribution in [0.2, 0.25) is 0 Å². The van der Waals surface area contributed by atoms with Gasteiger partial charge in [0.15, 0.2) is 5.76 Å². The number of hydrogen-bond donors (Lipinski definition) is 1. The SMILES string of the molecule is Cc1c(C(=O)N2CCn3cc(C(=O)NCc4ccccn4)nc3[C@H]2C)oc2ccccc12. The van der Waals surface area contributed by atoms with Crippen LogP contribution in [0.1, 0.15) is 51.1 Å². The average molecular weight is 429 g/mol. The fourth-order valence-electron chi connectivity index (χ4n) is 4.15. The molecule has 8 nitrogen and oxygen atoms in total. The van der Waals surface area contributed by atoms with Gasteiger partial charge < -0.3 is 19.2 Å². The Bertz CT molecular complexity index is 1310. The minimum atomic E-state index is -0.291. The van der Waals surface area contributed by atoms with E-state index in [1.807, 2.05) is 60.9 Å². The summed E-state index contributed by atoms with van der Waals surface area (Å²) < 4.78 is 7.82. The van der Waals surface area contributed by atoms with Crippen molar-refractivity contribution in [2.45, 2.75) is 33.0 Å². The molecular weight excluding hydrogens is 406 g/mol. The van der Waals surface area contributed by atoms with Crippen molar-refractivity contribution < 1.29 is 14.0 Å². The summed E-state index contributed by atoms with van der Waals surface area (Å²) in [6.45, 7) is 5.22. The zero-order valence-corrected chi connectivity index (χ0v) is 17.9. The number of furan rings is 1. The van der Waals surface area contributed by atoms with E-state index < -0.39 is 0 Å². The molecule has 32 heavy (non-hydrogen) atoms. The third kappa shape index (κ3) is 3.43. The highest BCUT2D eigenvalue weighted by Crippen LogP contribution is 2.30. The van der Waals surface area contributed by atoms with Crippen LogP contribution in [-0.2, 0) is 13.1 Å². The third-order valence-electron chi connectivity index (χ3n) is 5.92. The monoisotopic (exact) mass is 429 g/mol. The van der Waals surface area contributed by atoms with Gasteiger partial charge in [0.1, 0.15) is 17.1 Å². The van der Waals surface area contributed by atoms with E-state index in [-0.39, 0.29) is 17.9 Å². The van der Waals surface area contributed by atoms with Gasteiger partial charge >= 0.3 is 0 Å². The molecule has 1 aliphatic rings. The number of aromatic nitrogens is 3. The van der Waals surface area contributed by atoms with Crippen LogP contribution in [-0.4, -0.2) is 37.8 Å². The highest BCUT2D eigenvalue weighted by atomic mass is 16.3. The number of amides is 2. The first kappa shape index (κ1) is 20.0. The molecule has 1 atom stereocenters. The molecule has 0 spiro atoms. The normalized spacial score (nSPS) is 15.6. The van der Waals surface area contributed by atoms with E-state index in [2.05, 4.69) is 15.3 Å². The molecule has 1 aromatic carbocycles. The van der Waals surface area contributed by atoms with Gasteiger partial charge in [0, 0.05) is 36.4 Å². The minimum absolute atomic E-state index is 0.165. The van der Waals surface area contributed by atoms with Crippen LogP contribution in [0.3, 0.4) is 0 Å². The van der Waals surface area contributed by atoms with Gasteiger partial charge in [0.2, 0.25) is 0 Å². The molecule has 0 saturated carbocycles. The third-order valence-corrected chi connectivity index (χ3v) is 5.92. The number of imidazole rings is 1. The number of nitrogens with zero attached hydrogens (tertiary/aromatic N) is 4. The molecule has 0 fully saturated rings. The van der Waals surface area contributed by atoms with E-state index in [0.29, 0.717) is 42.5 Å². The fourth-order valence-corrected chi connectivity index (χ4v) is 4.15. The summed E-state index contributed by atoms with van der Waals surface area (Å²) in [4.78, 5) is 36.4. The van der Waals surface area contributed by atoms with Crippen LogP contribution in [0.15, 0.2) is 59.3 Å². The molecule has 162 valence electrons. The Morgan fingerprint density at radius 3 is 2.75 bits per heavy atom. The highest BCUT2D eigenvalue weighted by molar-refractivity contribution is 5.99. The molecule has 5 rings (SSSR count). The van der Waals surface area contributed by atoms with Crippen molar-refractivity contribution in [3.63, 3.8) is 0 Å². The first-order chi connectivity index (χ1) is 15.5. The summed E-state index contributed by atoms with van der Waals surface area (Å²) in [5.41, 5.74) is 2.64. The molecule has 1 N–H and O–H groups in total. The molecule has 0 radical (unpaired) electrons. The molecule has 4 aromatic rings. The number of pyridine rings is 1. The maximum atomic E-state index is 13.3. The van der Waals surface area contributed by atoms with Crippen LogP contribution in [0.5, 0.6) is 0 Å². The van der Waals surface area contributed by atoms with Gasteiger partial charge in [0.05, 0.1) is 18.3 Å². The first-order valence-electron chi connectivity index (χ1n) is 10.6. The maximum absolute atomic E-state index is 13.3. The predicted molar refractivity (Wildman–Crippen MR) is 118 cm³/mol. The number of carbonyl (C=O) groups is 2. The lowest BCUT2D eigenvalue weighted by atomic mass is 10.1. The first-order valence-corrected chi connectivity index (χ1v) is 10.6. The Morgan fingerprint density at radius 2 is 1.97 bits per heavy atom. The summed E-state index contributed by atoms with van der Waals surface area (Å²) in [6.07, 6.45) is 3.43. The van der Waals surface area contributed by atoms with Crippen LogP contribution in [0.25, 0.3) is 11.0 Å². The number of rotatable bonds is 4. The number of aryl methyl sites for hydroxylation is 1. The summed E-state index contributed by atoms with van der Waals surface area (Å²) in [5, 5.41) is 3.79. The second-order valence-corrected chi connectivity index (χ2v) is 7.91. The topological polar surface area (TPSA) is 93.3 Å². The number of nitrogens with one attached hydrogen (secondary N) is 1. The van der Waals surface area contributed by atoms with Gasteiger partial charge in [-0.15, -0.1) is 0 Å². The Morgan fingerprint density at radius 1 is 1.16 bits per heavy atom. The van der Waals surface area contributed by atoms with Crippen molar-refractivity contribution in [2.75, 3.05) is 6.54 Å². The second-order valence-electron chi connectivity index (χ2n) is 7.91. The zero-order valence-electron chi connectivity index (χ0n) is 17.9. The van der Waals surface area contributed by atoms with Gasteiger partial charge in [-0.25, -0.2) is 4.98 Å². The number of benzene rings is 1. The molecule has 0 aliphatic carbocycles. The Balaban J connectivity index is 1.34. The molecular formula is C24H23N5O3. The van der Waals surface area contributed by atoms with E-state index in [0.717, 1.165) is 16.6 Å². The standard InChI is InChI=1S/C24H23N5O3/c1-15-18-8-3-4-9-20(18)32-21(15)24(31)29-12-11-28-14-19(27-22(28)16(29)2)23(30)26-13-17-7-5-6-10-25-17/h3-10,14,16H,11-13H2,1-2H3,(H,26,30)/t16-/m1/s1. The second kappa shape index (κ2) is 7.96. The van der Waals surface area contributed by atoms with Gasteiger partial charge in [-0.3, -0.25) is 14.6 Å². The quantitative estimate of drug-likeness (QED) is 0.536. The maximum Gasteiger partial charge on any atom is 0.290 e. The van der Waals surface area contributed by atoms with Crippen molar-refractivity contribution in [3.05, 3.63) is 83.4 Å². The zero-order chi connectivity index (χ0) is 22.2. The summed E-state index contributed by atoms with van der Waals surface area (Å²) >= 11 is 0. The van der Waals surface area contributed by atoms with E-state index in [9.17, 15) is 9.59 Å². The summed E-state index contributed by atoms with van der Waals surface area (Å²) in [5.74, 6) is 0.602. The van der Waals surface area contributed by atoms with Crippen molar-refractivity contribution in [1.29, 1.82) is 0 Å². The molecule has 8 heteroatoms. The number of para-hydroxylation sites is 1. The predicted octanol–water partition coefficient (Wildman–Crippen LogP) is 3.48. The van der Waals surface area contributed by atoms with Crippen LogP contribution in [0, 0.1) is 6.92 Å². The molecule has 0 saturated heterocycles. The molecule has 0 bridgehead atoms. The van der Waals surface area contributed by atoms with Gasteiger partial charge in [-0.05, 0) is 32.0 Å². The van der Waals surface area contributed by atoms with Crippen LogP contribution in [0.4, 0.5) is 0 Å². The van der Waals surface area contributed by atoms with Gasteiger partial charge in [-0.2, -0.15) is 0 Å². The van der Waals surface area contributed by atoms with Crippen molar-refractivity contribution in [1.82, 2.24) is 24.8 Å². The van der Waals surface area contributed by atoms with Gasteiger partial charge in [0.25, 0.3) is 11.8 Å². The number of hydrogen-bond acceptors (Lipinski definition) is 5. The minimum Gasteiger partial charge on any atom is -0.451 e. The highest BCUT2D eigenvalue weighted by Gasteiger charge is 2.33. The lowest BCUT2D eigenvalue weighted by Gasteiger charge is -2.33. The molecule has 2 amide bonds. The smallest absolute Gasteiger partial charge is 0.290 e. The van der Waals surface area contributed by atoms with Crippen LogP contribution >= 0.6 is 0 Å². The Hall–Kier alpha value is -3.94. The summed E-state index contributed by atoms with van der Waals surface area (Å²) in [6, 6.07) is 12.9. The Kier molecular flexibility index (Phi) is 4.97. The summed E-state index contributed by atoms with van der Waals surface area (Å²) in [7, 11) is 0. The molecule has 0 unspecified atom stereocenters.